The van der Waals surface area contributed by atoms with E-state index in [2.05, 4.69) is 24.4 Å². The zero-order chi connectivity index (χ0) is 15.2. The summed E-state index contributed by atoms with van der Waals surface area (Å²) in [6.07, 6.45) is 3.02. The number of carbonyl (C=O) groups is 1. The molecule has 2 rings (SSSR count). The number of methoxy groups -OCH3 is 1. The molecule has 0 bridgehead atoms. The van der Waals surface area contributed by atoms with Crippen molar-refractivity contribution >= 4 is 5.91 Å². The first-order valence-electron chi connectivity index (χ1n) is 7.76. The van der Waals surface area contributed by atoms with Gasteiger partial charge in [0.15, 0.2) is 0 Å². The van der Waals surface area contributed by atoms with E-state index >= 15 is 0 Å². The average Bonchev–Trinajstić information content (AvgIpc) is 2.85. The Balaban J connectivity index is 2.00. The van der Waals surface area contributed by atoms with E-state index in [1.807, 2.05) is 24.1 Å². The van der Waals surface area contributed by atoms with Gasteiger partial charge in [0, 0.05) is 25.6 Å². The Bertz CT molecular complexity index is 458. The smallest absolute Gasteiger partial charge is 0.222 e. The lowest BCUT2D eigenvalue weighted by molar-refractivity contribution is -0.128. The third-order valence-electron chi connectivity index (χ3n) is 4.26. The van der Waals surface area contributed by atoms with Crippen molar-refractivity contribution in [3.05, 3.63) is 29.8 Å². The van der Waals surface area contributed by atoms with Gasteiger partial charge in [0.05, 0.1) is 7.11 Å². The molecule has 1 aliphatic heterocycles. The normalized spacial score (nSPS) is 19.9. The largest absolute Gasteiger partial charge is 0.497 e. The van der Waals surface area contributed by atoms with Crippen molar-refractivity contribution in [3.63, 3.8) is 0 Å². The standard InChI is InChI=1S/C17H26N2O2/c1-4-5-13-10-17(20)19(11-13)12-16(18-2)14-6-8-15(21-3)9-7-14/h6-9,13,16,18H,4-5,10-12H2,1-3H3. The minimum atomic E-state index is 0.167. The zero-order valence-electron chi connectivity index (χ0n) is 13.3. The molecule has 116 valence electrons. The third kappa shape index (κ3) is 3.97. The summed E-state index contributed by atoms with van der Waals surface area (Å²) in [5.41, 5.74) is 1.19. The molecule has 1 N–H and O–H groups in total. The molecule has 0 aliphatic carbocycles. The average molecular weight is 290 g/mol. The van der Waals surface area contributed by atoms with Gasteiger partial charge in [-0.05, 0) is 37.1 Å². The number of nitrogens with zero attached hydrogens (tertiary/aromatic N) is 1. The molecule has 1 fully saturated rings. The van der Waals surface area contributed by atoms with Crippen LogP contribution in [0.3, 0.4) is 0 Å². The van der Waals surface area contributed by atoms with Crippen LogP contribution in [0.25, 0.3) is 0 Å². The van der Waals surface area contributed by atoms with Crippen LogP contribution < -0.4 is 10.1 Å². The highest BCUT2D eigenvalue weighted by atomic mass is 16.5. The number of hydrogen-bond donors (Lipinski definition) is 1. The summed E-state index contributed by atoms with van der Waals surface area (Å²) >= 11 is 0. The molecule has 0 spiro atoms. The predicted octanol–water partition coefficient (Wildman–Crippen LogP) is 2.60. The molecule has 2 atom stereocenters. The highest BCUT2D eigenvalue weighted by Gasteiger charge is 2.30. The lowest BCUT2D eigenvalue weighted by Crippen LogP contribution is -2.35. The van der Waals surface area contributed by atoms with Crippen molar-refractivity contribution in [1.29, 1.82) is 0 Å². The fourth-order valence-electron chi connectivity index (χ4n) is 3.05. The number of benzene rings is 1. The van der Waals surface area contributed by atoms with Crippen LogP contribution in [-0.4, -0.2) is 38.1 Å². The number of ether oxygens (including phenoxy) is 1. The Labute approximate surface area is 127 Å². The van der Waals surface area contributed by atoms with E-state index in [4.69, 9.17) is 4.74 Å². The van der Waals surface area contributed by atoms with E-state index in [0.717, 1.165) is 31.7 Å². The summed E-state index contributed by atoms with van der Waals surface area (Å²) in [5.74, 6) is 1.69. The molecule has 4 nitrogen and oxygen atoms in total. The fourth-order valence-corrected chi connectivity index (χ4v) is 3.05. The van der Waals surface area contributed by atoms with Crippen LogP contribution >= 0.6 is 0 Å². The van der Waals surface area contributed by atoms with Crippen LogP contribution in [0.15, 0.2) is 24.3 Å². The van der Waals surface area contributed by atoms with Crippen molar-refractivity contribution in [3.8, 4) is 5.75 Å². The molecule has 1 amide bonds. The first kappa shape index (κ1) is 15.8. The Morgan fingerprint density at radius 2 is 2.10 bits per heavy atom. The van der Waals surface area contributed by atoms with Gasteiger partial charge >= 0.3 is 0 Å². The first-order valence-corrected chi connectivity index (χ1v) is 7.76. The number of nitrogens with one attached hydrogen (secondary N) is 1. The van der Waals surface area contributed by atoms with Crippen molar-refractivity contribution in [2.75, 3.05) is 27.2 Å². The van der Waals surface area contributed by atoms with Gasteiger partial charge in [-0.2, -0.15) is 0 Å². The second kappa shape index (κ2) is 7.46. The van der Waals surface area contributed by atoms with Crippen LogP contribution in [0.5, 0.6) is 5.75 Å². The number of carbonyl (C=O) groups excluding carboxylic acids is 1. The summed E-state index contributed by atoms with van der Waals surface area (Å²) in [6, 6.07) is 8.21. The van der Waals surface area contributed by atoms with Crippen molar-refractivity contribution in [2.45, 2.75) is 32.2 Å². The predicted molar refractivity (Wildman–Crippen MR) is 84.4 cm³/mol. The fraction of sp³-hybridized carbons (Fsp3) is 0.588. The Kier molecular flexibility index (Phi) is 5.62. The van der Waals surface area contributed by atoms with Gasteiger partial charge in [-0.3, -0.25) is 4.79 Å². The van der Waals surface area contributed by atoms with E-state index in [9.17, 15) is 4.79 Å². The minimum absolute atomic E-state index is 0.167. The molecule has 0 saturated carbocycles. The second-order valence-corrected chi connectivity index (χ2v) is 5.77. The topological polar surface area (TPSA) is 41.6 Å². The van der Waals surface area contributed by atoms with Crippen molar-refractivity contribution < 1.29 is 9.53 Å². The summed E-state index contributed by atoms with van der Waals surface area (Å²) in [6.45, 7) is 3.82. The molecule has 1 aromatic rings. The van der Waals surface area contributed by atoms with E-state index < -0.39 is 0 Å². The third-order valence-corrected chi connectivity index (χ3v) is 4.26. The molecule has 21 heavy (non-hydrogen) atoms. The van der Waals surface area contributed by atoms with Gasteiger partial charge in [0.25, 0.3) is 0 Å². The summed E-state index contributed by atoms with van der Waals surface area (Å²) < 4.78 is 5.19. The van der Waals surface area contributed by atoms with E-state index in [1.54, 1.807) is 7.11 Å². The molecule has 1 heterocycles. The number of amides is 1. The molecule has 0 radical (unpaired) electrons. The van der Waals surface area contributed by atoms with Gasteiger partial charge in [-0.1, -0.05) is 25.5 Å². The first-order chi connectivity index (χ1) is 10.2. The molecular formula is C17H26N2O2. The molecule has 4 heteroatoms. The monoisotopic (exact) mass is 290 g/mol. The number of hydrogen-bond acceptors (Lipinski definition) is 3. The van der Waals surface area contributed by atoms with Crippen molar-refractivity contribution in [1.82, 2.24) is 10.2 Å². The number of likely N-dealkylation sites (tertiary alicyclic amines) is 1. The number of rotatable bonds is 7. The van der Waals surface area contributed by atoms with Gasteiger partial charge in [-0.25, -0.2) is 0 Å². The summed E-state index contributed by atoms with van der Waals surface area (Å²) in [7, 11) is 3.61. The van der Waals surface area contributed by atoms with E-state index in [1.165, 1.54) is 5.56 Å². The van der Waals surface area contributed by atoms with Crippen molar-refractivity contribution in [2.24, 2.45) is 5.92 Å². The maximum Gasteiger partial charge on any atom is 0.222 e. The SMILES string of the molecule is CCCC1CC(=O)N(CC(NC)c2ccc(OC)cc2)C1. The van der Waals surface area contributed by atoms with Crippen LogP contribution in [0, 0.1) is 5.92 Å². The molecule has 1 aromatic carbocycles. The minimum Gasteiger partial charge on any atom is -0.497 e. The summed E-state index contributed by atoms with van der Waals surface area (Å²) in [4.78, 5) is 14.1. The second-order valence-electron chi connectivity index (χ2n) is 5.77. The summed E-state index contributed by atoms with van der Waals surface area (Å²) in [5, 5.41) is 3.32. The molecule has 1 aliphatic rings. The van der Waals surface area contributed by atoms with E-state index in [-0.39, 0.29) is 6.04 Å². The molecule has 2 unspecified atom stereocenters. The Morgan fingerprint density at radius 1 is 1.38 bits per heavy atom. The Morgan fingerprint density at radius 3 is 2.67 bits per heavy atom. The molecular weight excluding hydrogens is 264 g/mol. The van der Waals surface area contributed by atoms with Gasteiger partial charge < -0.3 is 15.0 Å². The van der Waals surface area contributed by atoms with Gasteiger partial charge in [-0.15, -0.1) is 0 Å². The quantitative estimate of drug-likeness (QED) is 0.839. The highest BCUT2D eigenvalue weighted by molar-refractivity contribution is 5.78. The number of likely N-dealkylation sites (N-methyl/N-ethyl adjacent to an activating group) is 1. The van der Waals surface area contributed by atoms with Crippen LogP contribution in [-0.2, 0) is 4.79 Å². The molecule has 0 aromatic heterocycles. The van der Waals surface area contributed by atoms with Crippen LogP contribution in [0.2, 0.25) is 0 Å². The lowest BCUT2D eigenvalue weighted by atomic mass is 10.0. The lowest BCUT2D eigenvalue weighted by Gasteiger charge is -2.24. The van der Waals surface area contributed by atoms with Crippen LogP contribution in [0.1, 0.15) is 37.8 Å². The van der Waals surface area contributed by atoms with Gasteiger partial charge in [0.1, 0.15) is 5.75 Å². The van der Waals surface area contributed by atoms with E-state index in [0.29, 0.717) is 18.2 Å². The maximum absolute atomic E-state index is 12.1. The van der Waals surface area contributed by atoms with Gasteiger partial charge in [0.2, 0.25) is 5.91 Å². The maximum atomic E-state index is 12.1. The Hall–Kier alpha value is -1.55. The molecule has 1 saturated heterocycles. The zero-order valence-corrected chi connectivity index (χ0v) is 13.3. The van der Waals surface area contributed by atoms with Crippen LogP contribution in [0.4, 0.5) is 0 Å². The highest BCUT2D eigenvalue weighted by Crippen LogP contribution is 2.25.